The molecule has 1 fully saturated rings. The zero-order valence-electron chi connectivity index (χ0n) is 7.06. The molecule has 0 radical (unpaired) electrons. The van der Waals surface area contributed by atoms with Crippen molar-refractivity contribution in [3.63, 3.8) is 0 Å². The van der Waals surface area contributed by atoms with Crippen LogP contribution in [0.3, 0.4) is 0 Å². The molecule has 1 rings (SSSR count). The van der Waals surface area contributed by atoms with Gasteiger partial charge in [-0.1, -0.05) is 0 Å². The molecule has 0 amide bonds. The normalized spacial score (nSPS) is 28.3. The van der Waals surface area contributed by atoms with Gasteiger partial charge >= 0.3 is 5.97 Å². The first-order valence-electron chi connectivity index (χ1n) is 4.11. The molecule has 0 aromatic heterocycles. The predicted octanol–water partition coefficient (Wildman–Crippen LogP) is 0.105. The van der Waals surface area contributed by atoms with Crippen LogP contribution in [0.1, 0.15) is 13.3 Å². The first kappa shape index (κ1) is 9.48. The summed E-state index contributed by atoms with van der Waals surface area (Å²) in [6.07, 6.45) is -0.0105. The van der Waals surface area contributed by atoms with Gasteiger partial charge in [-0.2, -0.15) is 0 Å². The smallest absolute Gasteiger partial charge is 0.308 e. The summed E-state index contributed by atoms with van der Waals surface area (Å²) in [7, 11) is 0. The second-order valence-corrected chi connectivity index (χ2v) is 3.24. The SMILES string of the molecule is CC(C(=O)O)C(O)C1CCOC1. The Bertz CT molecular complexity index is 162. The molecule has 1 aliphatic heterocycles. The largest absolute Gasteiger partial charge is 0.481 e. The second kappa shape index (κ2) is 3.87. The molecule has 12 heavy (non-hydrogen) atoms. The fraction of sp³-hybridized carbons (Fsp3) is 0.875. The average molecular weight is 174 g/mol. The van der Waals surface area contributed by atoms with Gasteiger partial charge in [0.1, 0.15) is 0 Å². The van der Waals surface area contributed by atoms with Crippen molar-refractivity contribution in [2.45, 2.75) is 19.4 Å². The van der Waals surface area contributed by atoms with Crippen molar-refractivity contribution in [3.8, 4) is 0 Å². The van der Waals surface area contributed by atoms with E-state index in [2.05, 4.69) is 0 Å². The minimum Gasteiger partial charge on any atom is -0.481 e. The van der Waals surface area contributed by atoms with Crippen molar-refractivity contribution < 1.29 is 19.7 Å². The fourth-order valence-electron chi connectivity index (χ4n) is 1.38. The molecule has 1 saturated heterocycles. The Balaban J connectivity index is 2.44. The molecule has 4 nitrogen and oxygen atoms in total. The van der Waals surface area contributed by atoms with Crippen LogP contribution in [0.25, 0.3) is 0 Å². The van der Waals surface area contributed by atoms with Gasteiger partial charge in [-0.3, -0.25) is 4.79 Å². The topological polar surface area (TPSA) is 66.8 Å². The zero-order valence-corrected chi connectivity index (χ0v) is 7.06. The van der Waals surface area contributed by atoms with Crippen LogP contribution in [-0.2, 0) is 9.53 Å². The molecule has 1 aliphatic rings. The lowest BCUT2D eigenvalue weighted by Gasteiger charge is -2.19. The van der Waals surface area contributed by atoms with Gasteiger partial charge < -0.3 is 14.9 Å². The summed E-state index contributed by atoms with van der Waals surface area (Å²) >= 11 is 0. The van der Waals surface area contributed by atoms with Gasteiger partial charge in [0.05, 0.1) is 18.6 Å². The van der Waals surface area contributed by atoms with E-state index >= 15 is 0 Å². The van der Waals surface area contributed by atoms with Crippen molar-refractivity contribution in [2.24, 2.45) is 11.8 Å². The quantitative estimate of drug-likeness (QED) is 0.637. The third-order valence-electron chi connectivity index (χ3n) is 2.35. The number of carboxylic acid groups (broad SMARTS) is 1. The number of carboxylic acids is 1. The molecular weight excluding hydrogens is 160 g/mol. The molecule has 1 heterocycles. The monoisotopic (exact) mass is 174 g/mol. The number of aliphatic carboxylic acids is 1. The minimum atomic E-state index is -0.950. The molecule has 0 aliphatic carbocycles. The van der Waals surface area contributed by atoms with Gasteiger partial charge in [0.25, 0.3) is 0 Å². The number of aliphatic hydroxyl groups excluding tert-OH is 1. The second-order valence-electron chi connectivity index (χ2n) is 3.24. The highest BCUT2D eigenvalue weighted by Crippen LogP contribution is 2.21. The molecule has 3 unspecified atom stereocenters. The van der Waals surface area contributed by atoms with Crippen LogP contribution >= 0.6 is 0 Å². The summed E-state index contributed by atoms with van der Waals surface area (Å²) in [4.78, 5) is 10.5. The molecular formula is C8H14O4. The molecule has 70 valence electrons. The Hall–Kier alpha value is -0.610. The number of hydrogen-bond donors (Lipinski definition) is 2. The molecule has 0 bridgehead atoms. The Morgan fingerprint density at radius 3 is 2.75 bits per heavy atom. The van der Waals surface area contributed by atoms with E-state index < -0.39 is 18.0 Å². The Labute approximate surface area is 71.2 Å². The lowest BCUT2D eigenvalue weighted by molar-refractivity contribution is -0.146. The highest BCUT2D eigenvalue weighted by Gasteiger charge is 2.31. The molecule has 3 atom stereocenters. The maximum atomic E-state index is 10.5. The Morgan fingerprint density at radius 1 is 1.67 bits per heavy atom. The number of hydrogen-bond acceptors (Lipinski definition) is 3. The van der Waals surface area contributed by atoms with Gasteiger partial charge in [-0.15, -0.1) is 0 Å². The molecule has 2 N–H and O–H groups in total. The fourth-order valence-corrected chi connectivity index (χ4v) is 1.38. The molecule has 4 heteroatoms. The first-order chi connectivity index (χ1) is 5.63. The van der Waals surface area contributed by atoms with Crippen molar-refractivity contribution in [3.05, 3.63) is 0 Å². The van der Waals surface area contributed by atoms with Gasteiger partial charge in [0.2, 0.25) is 0 Å². The van der Waals surface area contributed by atoms with Crippen LogP contribution in [0.5, 0.6) is 0 Å². The summed E-state index contributed by atoms with van der Waals surface area (Å²) in [5.74, 6) is -1.65. The van der Waals surface area contributed by atoms with E-state index in [1.165, 1.54) is 6.92 Å². The van der Waals surface area contributed by atoms with E-state index in [4.69, 9.17) is 9.84 Å². The summed E-state index contributed by atoms with van der Waals surface area (Å²) in [6.45, 7) is 2.64. The number of carbonyl (C=O) groups is 1. The van der Waals surface area contributed by atoms with Crippen LogP contribution in [0.2, 0.25) is 0 Å². The highest BCUT2D eigenvalue weighted by atomic mass is 16.5. The molecule has 0 spiro atoms. The first-order valence-corrected chi connectivity index (χ1v) is 4.11. The maximum absolute atomic E-state index is 10.5. The van der Waals surface area contributed by atoms with E-state index in [1.807, 2.05) is 0 Å². The van der Waals surface area contributed by atoms with E-state index in [9.17, 15) is 9.90 Å². The van der Waals surface area contributed by atoms with E-state index in [1.54, 1.807) is 0 Å². The summed E-state index contributed by atoms with van der Waals surface area (Å²) < 4.78 is 5.06. The number of rotatable bonds is 3. The highest BCUT2D eigenvalue weighted by molar-refractivity contribution is 5.70. The zero-order chi connectivity index (χ0) is 9.14. The summed E-state index contributed by atoms with van der Waals surface area (Å²) in [5.41, 5.74) is 0. The molecule has 0 aromatic carbocycles. The van der Waals surface area contributed by atoms with Crippen LogP contribution in [0.4, 0.5) is 0 Å². The van der Waals surface area contributed by atoms with Gasteiger partial charge in [-0.05, 0) is 13.3 Å². The van der Waals surface area contributed by atoms with E-state index in [0.717, 1.165) is 6.42 Å². The van der Waals surface area contributed by atoms with Crippen LogP contribution in [0.15, 0.2) is 0 Å². The maximum Gasteiger partial charge on any atom is 0.308 e. The molecule has 0 saturated carbocycles. The lowest BCUT2D eigenvalue weighted by atomic mass is 9.92. The third kappa shape index (κ3) is 1.95. The number of aliphatic hydroxyl groups is 1. The minimum absolute atomic E-state index is 0.00361. The average Bonchev–Trinajstić information content (AvgIpc) is 2.53. The van der Waals surface area contributed by atoms with Crippen molar-refractivity contribution >= 4 is 5.97 Å². The van der Waals surface area contributed by atoms with Crippen LogP contribution in [0, 0.1) is 11.8 Å². The van der Waals surface area contributed by atoms with Crippen molar-refractivity contribution in [1.29, 1.82) is 0 Å². The predicted molar refractivity (Wildman–Crippen MR) is 41.7 cm³/mol. The van der Waals surface area contributed by atoms with Crippen molar-refractivity contribution in [1.82, 2.24) is 0 Å². The molecule has 0 aromatic rings. The third-order valence-corrected chi connectivity index (χ3v) is 2.35. The lowest BCUT2D eigenvalue weighted by Crippen LogP contribution is -2.32. The standard InChI is InChI=1S/C8H14O4/c1-5(8(10)11)7(9)6-2-3-12-4-6/h5-7,9H,2-4H2,1H3,(H,10,11). The van der Waals surface area contributed by atoms with E-state index in [0.29, 0.717) is 13.2 Å². The summed E-state index contributed by atoms with van der Waals surface area (Å²) in [5, 5.41) is 18.1. The van der Waals surface area contributed by atoms with Gasteiger partial charge in [-0.25, -0.2) is 0 Å². The Morgan fingerprint density at radius 2 is 2.33 bits per heavy atom. The van der Waals surface area contributed by atoms with Crippen LogP contribution < -0.4 is 0 Å². The Kier molecular flexibility index (Phi) is 3.05. The van der Waals surface area contributed by atoms with Crippen molar-refractivity contribution in [2.75, 3.05) is 13.2 Å². The number of ether oxygens (including phenoxy) is 1. The summed E-state index contributed by atoms with van der Waals surface area (Å²) in [6, 6.07) is 0. The van der Waals surface area contributed by atoms with Gasteiger partial charge in [0, 0.05) is 12.5 Å². The van der Waals surface area contributed by atoms with Gasteiger partial charge in [0.15, 0.2) is 0 Å². The van der Waals surface area contributed by atoms with Crippen LogP contribution in [-0.4, -0.2) is 35.5 Å². The van der Waals surface area contributed by atoms with E-state index in [-0.39, 0.29) is 5.92 Å².